The Balaban J connectivity index is 2.72. The Hall–Kier alpha value is -0.300. The molecule has 0 saturated carbocycles. The molecule has 0 aliphatic carbocycles. The minimum Gasteiger partial charge on any atom is -0.374 e. The molecule has 1 heteroatoms. The van der Waals surface area contributed by atoms with Crippen LogP contribution in [0.15, 0.2) is 11.1 Å². The molecule has 1 nitrogen and oxygen atoms in total. The van der Waals surface area contributed by atoms with Crippen LogP contribution in [0.3, 0.4) is 0 Å². The van der Waals surface area contributed by atoms with Gasteiger partial charge in [-0.3, -0.25) is 0 Å². The lowest BCUT2D eigenvalue weighted by atomic mass is 10.0. The van der Waals surface area contributed by atoms with Crippen LogP contribution in [-0.2, 0) is 4.74 Å². The van der Waals surface area contributed by atoms with Crippen LogP contribution in [0.2, 0.25) is 0 Å². The third-order valence-electron chi connectivity index (χ3n) is 2.13. The Morgan fingerprint density at radius 1 is 1.44 bits per heavy atom. The molecule has 1 rings (SSSR count). The molecule has 0 N–H and O–H groups in total. The van der Waals surface area contributed by atoms with Gasteiger partial charge in [0, 0.05) is 0 Å². The SMILES string of the molecule is CC1=C(C)[C@@H](C)OCC1. The van der Waals surface area contributed by atoms with Crippen LogP contribution in [0.25, 0.3) is 0 Å². The average molecular weight is 126 g/mol. The molecular weight excluding hydrogens is 112 g/mol. The molecule has 1 aliphatic heterocycles. The lowest BCUT2D eigenvalue weighted by Crippen LogP contribution is -2.17. The highest BCUT2D eigenvalue weighted by Gasteiger charge is 2.12. The maximum atomic E-state index is 5.40. The van der Waals surface area contributed by atoms with Crippen molar-refractivity contribution in [3.05, 3.63) is 11.1 Å². The highest BCUT2D eigenvalue weighted by Crippen LogP contribution is 2.19. The summed E-state index contributed by atoms with van der Waals surface area (Å²) in [5, 5.41) is 0. The zero-order valence-electron chi connectivity index (χ0n) is 6.40. The lowest BCUT2D eigenvalue weighted by Gasteiger charge is -2.21. The summed E-state index contributed by atoms with van der Waals surface area (Å²) < 4.78 is 5.40. The van der Waals surface area contributed by atoms with Gasteiger partial charge >= 0.3 is 0 Å². The molecule has 0 amide bonds. The molecule has 0 aromatic heterocycles. The number of ether oxygens (including phenoxy) is 1. The van der Waals surface area contributed by atoms with Gasteiger partial charge in [0.2, 0.25) is 0 Å². The number of rotatable bonds is 0. The summed E-state index contributed by atoms with van der Waals surface area (Å²) in [5.74, 6) is 0. The van der Waals surface area contributed by atoms with Crippen LogP contribution < -0.4 is 0 Å². The molecule has 0 saturated heterocycles. The Kier molecular flexibility index (Phi) is 1.91. The van der Waals surface area contributed by atoms with E-state index in [2.05, 4.69) is 20.8 Å². The van der Waals surface area contributed by atoms with Crippen LogP contribution in [0.1, 0.15) is 27.2 Å². The van der Waals surface area contributed by atoms with Crippen molar-refractivity contribution in [2.75, 3.05) is 6.61 Å². The maximum absolute atomic E-state index is 5.40. The van der Waals surface area contributed by atoms with E-state index < -0.39 is 0 Å². The normalized spacial score (nSPS) is 29.0. The van der Waals surface area contributed by atoms with Gasteiger partial charge in [-0.2, -0.15) is 0 Å². The van der Waals surface area contributed by atoms with E-state index in [0.717, 1.165) is 13.0 Å². The zero-order valence-corrected chi connectivity index (χ0v) is 6.40. The highest BCUT2D eigenvalue weighted by atomic mass is 16.5. The van der Waals surface area contributed by atoms with E-state index in [-0.39, 0.29) is 0 Å². The predicted molar refractivity (Wildman–Crippen MR) is 38.4 cm³/mol. The van der Waals surface area contributed by atoms with Crippen molar-refractivity contribution in [3.63, 3.8) is 0 Å². The van der Waals surface area contributed by atoms with Crippen LogP contribution >= 0.6 is 0 Å². The summed E-state index contributed by atoms with van der Waals surface area (Å²) in [6.45, 7) is 7.36. The van der Waals surface area contributed by atoms with Crippen molar-refractivity contribution in [2.24, 2.45) is 0 Å². The lowest BCUT2D eigenvalue weighted by molar-refractivity contribution is 0.0799. The van der Waals surface area contributed by atoms with E-state index in [4.69, 9.17) is 4.74 Å². The summed E-state index contributed by atoms with van der Waals surface area (Å²) in [4.78, 5) is 0. The van der Waals surface area contributed by atoms with Gasteiger partial charge in [-0.25, -0.2) is 0 Å². The van der Waals surface area contributed by atoms with Crippen molar-refractivity contribution in [2.45, 2.75) is 33.3 Å². The zero-order chi connectivity index (χ0) is 6.85. The van der Waals surface area contributed by atoms with E-state index in [1.54, 1.807) is 0 Å². The first-order valence-electron chi connectivity index (χ1n) is 3.49. The molecule has 52 valence electrons. The molecule has 0 spiro atoms. The molecule has 0 bridgehead atoms. The van der Waals surface area contributed by atoms with Crippen molar-refractivity contribution in [3.8, 4) is 0 Å². The third-order valence-corrected chi connectivity index (χ3v) is 2.13. The summed E-state index contributed by atoms with van der Waals surface area (Å²) >= 11 is 0. The third kappa shape index (κ3) is 1.33. The molecule has 1 aliphatic rings. The molecule has 1 atom stereocenters. The quantitative estimate of drug-likeness (QED) is 0.452. The average Bonchev–Trinajstić information content (AvgIpc) is 1.83. The second-order valence-corrected chi connectivity index (χ2v) is 2.73. The fourth-order valence-corrected chi connectivity index (χ4v) is 1.06. The summed E-state index contributed by atoms with van der Waals surface area (Å²) in [5.41, 5.74) is 2.93. The summed E-state index contributed by atoms with van der Waals surface area (Å²) in [6.07, 6.45) is 1.48. The van der Waals surface area contributed by atoms with Crippen LogP contribution in [0.4, 0.5) is 0 Å². The van der Waals surface area contributed by atoms with Crippen molar-refractivity contribution in [1.82, 2.24) is 0 Å². The Morgan fingerprint density at radius 3 is 2.56 bits per heavy atom. The predicted octanol–water partition coefficient (Wildman–Crippen LogP) is 2.13. The first kappa shape index (κ1) is 6.81. The fourth-order valence-electron chi connectivity index (χ4n) is 1.06. The van der Waals surface area contributed by atoms with Gasteiger partial charge in [-0.05, 0) is 32.8 Å². The minimum atomic E-state index is 0.360. The molecule has 1 heterocycles. The maximum Gasteiger partial charge on any atom is 0.0756 e. The second kappa shape index (κ2) is 2.53. The van der Waals surface area contributed by atoms with Gasteiger partial charge in [-0.1, -0.05) is 5.57 Å². The topological polar surface area (TPSA) is 9.23 Å². The Labute approximate surface area is 56.7 Å². The van der Waals surface area contributed by atoms with E-state index in [0.29, 0.717) is 6.10 Å². The van der Waals surface area contributed by atoms with Gasteiger partial charge in [0.05, 0.1) is 12.7 Å². The van der Waals surface area contributed by atoms with E-state index in [1.807, 2.05) is 0 Å². The Bertz CT molecular complexity index is 136. The molecule has 0 radical (unpaired) electrons. The first-order chi connectivity index (χ1) is 4.22. The molecule has 0 fully saturated rings. The number of hydrogen-bond donors (Lipinski definition) is 0. The van der Waals surface area contributed by atoms with E-state index >= 15 is 0 Å². The van der Waals surface area contributed by atoms with E-state index in [1.165, 1.54) is 11.1 Å². The summed E-state index contributed by atoms with van der Waals surface area (Å²) in [6, 6.07) is 0. The van der Waals surface area contributed by atoms with Gasteiger partial charge < -0.3 is 4.74 Å². The molecular formula is C8H14O. The standard InChI is InChI=1S/C8H14O/c1-6-4-5-9-8(3)7(6)2/h8H,4-5H2,1-3H3/t8-/m1/s1. The van der Waals surface area contributed by atoms with E-state index in [9.17, 15) is 0 Å². The largest absolute Gasteiger partial charge is 0.374 e. The van der Waals surface area contributed by atoms with Crippen molar-refractivity contribution < 1.29 is 4.74 Å². The highest BCUT2D eigenvalue weighted by molar-refractivity contribution is 5.15. The van der Waals surface area contributed by atoms with Gasteiger partial charge in [0.25, 0.3) is 0 Å². The first-order valence-corrected chi connectivity index (χ1v) is 3.49. The van der Waals surface area contributed by atoms with Gasteiger partial charge in [0.1, 0.15) is 0 Å². The molecule has 0 unspecified atom stereocenters. The Morgan fingerprint density at radius 2 is 2.11 bits per heavy atom. The van der Waals surface area contributed by atoms with Gasteiger partial charge in [-0.15, -0.1) is 0 Å². The summed E-state index contributed by atoms with van der Waals surface area (Å²) in [7, 11) is 0. The minimum absolute atomic E-state index is 0.360. The van der Waals surface area contributed by atoms with Crippen LogP contribution in [0, 0.1) is 0 Å². The monoisotopic (exact) mass is 126 g/mol. The second-order valence-electron chi connectivity index (χ2n) is 2.73. The smallest absolute Gasteiger partial charge is 0.0756 e. The van der Waals surface area contributed by atoms with Crippen LogP contribution in [0.5, 0.6) is 0 Å². The number of hydrogen-bond acceptors (Lipinski definition) is 1. The van der Waals surface area contributed by atoms with Gasteiger partial charge in [0.15, 0.2) is 0 Å². The van der Waals surface area contributed by atoms with Crippen molar-refractivity contribution in [1.29, 1.82) is 0 Å². The fraction of sp³-hybridized carbons (Fsp3) is 0.750. The van der Waals surface area contributed by atoms with Crippen LogP contribution in [-0.4, -0.2) is 12.7 Å². The molecule has 9 heavy (non-hydrogen) atoms. The molecule has 0 aromatic carbocycles. The molecule has 0 aromatic rings. The van der Waals surface area contributed by atoms with Crippen molar-refractivity contribution >= 4 is 0 Å².